The maximum Gasteiger partial charge on any atom is 0.305 e. The molecule has 98 valence electrons. The summed E-state index contributed by atoms with van der Waals surface area (Å²) < 4.78 is 0. The Morgan fingerprint density at radius 3 is 2.06 bits per heavy atom. The highest BCUT2D eigenvalue weighted by molar-refractivity contribution is 5.77. The molecule has 0 aliphatic heterocycles. The molecule has 0 heterocycles. The van der Waals surface area contributed by atoms with Crippen LogP contribution in [0, 0.1) is 0 Å². The van der Waals surface area contributed by atoms with Crippen LogP contribution in [0.2, 0.25) is 0 Å². The van der Waals surface area contributed by atoms with Crippen LogP contribution in [0.1, 0.15) is 26.2 Å². The van der Waals surface area contributed by atoms with E-state index in [2.05, 4.69) is 16.2 Å². The highest BCUT2D eigenvalue weighted by Crippen LogP contribution is 1.80. The SMILES string of the molecule is CC(=O)CCNNCCC(=O)NCCC(=O)O. The van der Waals surface area contributed by atoms with Crippen molar-refractivity contribution in [3.05, 3.63) is 0 Å². The minimum atomic E-state index is -0.936. The molecular weight excluding hydrogens is 226 g/mol. The molecular formula is C10H19N3O4. The molecule has 0 rings (SSSR count). The molecule has 17 heavy (non-hydrogen) atoms. The smallest absolute Gasteiger partial charge is 0.305 e. The van der Waals surface area contributed by atoms with E-state index in [9.17, 15) is 14.4 Å². The lowest BCUT2D eigenvalue weighted by Crippen LogP contribution is -2.37. The minimum Gasteiger partial charge on any atom is -0.481 e. The third-order valence-corrected chi connectivity index (χ3v) is 1.87. The van der Waals surface area contributed by atoms with Gasteiger partial charge in [0.2, 0.25) is 5.91 Å². The Labute approximate surface area is 99.9 Å². The quantitative estimate of drug-likeness (QED) is 0.292. The van der Waals surface area contributed by atoms with Crippen LogP contribution in [-0.4, -0.2) is 42.4 Å². The highest BCUT2D eigenvalue weighted by atomic mass is 16.4. The zero-order valence-corrected chi connectivity index (χ0v) is 9.91. The number of aliphatic carboxylic acids is 1. The van der Waals surface area contributed by atoms with Gasteiger partial charge in [0.1, 0.15) is 5.78 Å². The van der Waals surface area contributed by atoms with E-state index in [1.165, 1.54) is 6.92 Å². The summed E-state index contributed by atoms with van der Waals surface area (Å²) in [6, 6.07) is 0. The van der Waals surface area contributed by atoms with Gasteiger partial charge in [-0.3, -0.25) is 25.2 Å². The first-order valence-electron chi connectivity index (χ1n) is 5.46. The lowest BCUT2D eigenvalue weighted by atomic mass is 10.3. The highest BCUT2D eigenvalue weighted by Gasteiger charge is 2.01. The summed E-state index contributed by atoms with van der Waals surface area (Å²) >= 11 is 0. The lowest BCUT2D eigenvalue weighted by molar-refractivity contribution is -0.137. The van der Waals surface area contributed by atoms with Gasteiger partial charge in [0, 0.05) is 32.5 Å². The zero-order valence-electron chi connectivity index (χ0n) is 9.91. The van der Waals surface area contributed by atoms with Gasteiger partial charge in [-0.1, -0.05) is 0 Å². The van der Waals surface area contributed by atoms with Gasteiger partial charge in [-0.2, -0.15) is 0 Å². The first kappa shape index (κ1) is 15.5. The van der Waals surface area contributed by atoms with Crippen LogP contribution < -0.4 is 16.2 Å². The summed E-state index contributed by atoms with van der Waals surface area (Å²) in [5.41, 5.74) is 5.59. The topological polar surface area (TPSA) is 108 Å². The molecule has 0 aliphatic carbocycles. The number of carbonyl (C=O) groups is 3. The fraction of sp³-hybridized carbons (Fsp3) is 0.700. The molecule has 0 aromatic heterocycles. The van der Waals surface area contributed by atoms with E-state index in [1.807, 2.05) is 0 Å². The molecule has 0 fully saturated rings. The maximum atomic E-state index is 11.1. The summed E-state index contributed by atoms with van der Waals surface area (Å²) in [4.78, 5) is 31.9. The van der Waals surface area contributed by atoms with Crippen molar-refractivity contribution >= 4 is 17.7 Å². The van der Waals surface area contributed by atoms with Crippen molar-refractivity contribution in [3.8, 4) is 0 Å². The van der Waals surface area contributed by atoms with Crippen molar-refractivity contribution in [2.75, 3.05) is 19.6 Å². The molecule has 0 atom stereocenters. The van der Waals surface area contributed by atoms with Gasteiger partial charge in [0.25, 0.3) is 0 Å². The molecule has 0 spiro atoms. The van der Waals surface area contributed by atoms with E-state index in [4.69, 9.17) is 5.11 Å². The van der Waals surface area contributed by atoms with Crippen LogP contribution in [-0.2, 0) is 14.4 Å². The number of carboxylic acids is 1. The third-order valence-electron chi connectivity index (χ3n) is 1.87. The van der Waals surface area contributed by atoms with E-state index >= 15 is 0 Å². The van der Waals surface area contributed by atoms with Crippen molar-refractivity contribution < 1.29 is 19.5 Å². The van der Waals surface area contributed by atoms with Crippen molar-refractivity contribution in [3.63, 3.8) is 0 Å². The van der Waals surface area contributed by atoms with Crippen molar-refractivity contribution in [1.82, 2.24) is 16.2 Å². The van der Waals surface area contributed by atoms with Gasteiger partial charge in [-0.15, -0.1) is 0 Å². The van der Waals surface area contributed by atoms with E-state index < -0.39 is 5.97 Å². The fourth-order valence-corrected chi connectivity index (χ4v) is 0.989. The number of carbonyl (C=O) groups excluding carboxylic acids is 2. The van der Waals surface area contributed by atoms with Crippen LogP contribution in [0.25, 0.3) is 0 Å². The normalized spacial score (nSPS) is 9.94. The zero-order chi connectivity index (χ0) is 13.1. The number of amides is 1. The monoisotopic (exact) mass is 245 g/mol. The number of nitrogens with one attached hydrogen (secondary N) is 3. The predicted octanol–water partition coefficient (Wildman–Crippen LogP) is -0.959. The Balaban J connectivity index is 3.27. The number of hydrogen-bond donors (Lipinski definition) is 4. The Kier molecular flexibility index (Phi) is 8.89. The molecule has 0 aromatic carbocycles. The number of hydrogen-bond acceptors (Lipinski definition) is 5. The summed E-state index contributed by atoms with van der Waals surface area (Å²) in [7, 11) is 0. The van der Waals surface area contributed by atoms with Crippen LogP contribution >= 0.6 is 0 Å². The van der Waals surface area contributed by atoms with E-state index in [0.29, 0.717) is 19.5 Å². The van der Waals surface area contributed by atoms with E-state index in [-0.39, 0.29) is 31.1 Å². The lowest BCUT2D eigenvalue weighted by Gasteiger charge is -2.06. The van der Waals surface area contributed by atoms with Crippen molar-refractivity contribution in [2.24, 2.45) is 0 Å². The Morgan fingerprint density at radius 2 is 1.53 bits per heavy atom. The predicted molar refractivity (Wildman–Crippen MR) is 61.2 cm³/mol. The van der Waals surface area contributed by atoms with Gasteiger partial charge in [0.05, 0.1) is 6.42 Å². The number of Topliss-reactive ketones (excluding diaryl/α,β-unsaturated/α-hetero) is 1. The number of rotatable bonds is 10. The number of ketones is 1. The largest absolute Gasteiger partial charge is 0.481 e. The van der Waals surface area contributed by atoms with Crippen molar-refractivity contribution in [1.29, 1.82) is 0 Å². The average Bonchev–Trinajstić information content (AvgIpc) is 2.22. The molecule has 0 bridgehead atoms. The third kappa shape index (κ3) is 12.5. The first-order chi connectivity index (χ1) is 8.02. The van der Waals surface area contributed by atoms with Crippen LogP contribution in [0.3, 0.4) is 0 Å². The second kappa shape index (κ2) is 9.73. The molecule has 0 saturated heterocycles. The molecule has 0 aromatic rings. The van der Waals surface area contributed by atoms with Crippen LogP contribution in [0.5, 0.6) is 0 Å². The second-order valence-electron chi connectivity index (χ2n) is 3.55. The molecule has 0 unspecified atom stereocenters. The van der Waals surface area contributed by atoms with E-state index in [1.54, 1.807) is 0 Å². The molecule has 4 N–H and O–H groups in total. The summed E-state index contributed by atoms with van der Waals surface area (Å²) in [6.07, 6.45) is 0.626. The molecule has 1 amide bonds. The Morgan fingerprint density at radius 1 is 0.941 bits per heavy atom. The fourth-order valence-electron chi connectivity index (χ4n) is 0.989. The summed E-state index contributed by atoms with van der Waals surface area (Å²) in [6.45, 7) is 2.61. The first-order valence-corrected chi connectivity index (χ1v) is 5.46. The molecule has 0 aliphatic rings. The average molecular weight is 245 g/mol. The standard InChI is InChI=1S/C10H19N3O4/c1-8(14)2-6-12-13-7-3-9(15)11-5-4-10(16)17/h12-13H,2-7H2,1H3,(H,11,15)(H,16,17). The summed E-state index contributed by atoms with van der Waals surface area (Å²) in [5, 5.41) is 10.8. The minimum absolute atomic E-state index is 0.0734. The van der Waals surface area contributed by atoms with Gasteiger partial charge in [-0.05, 0) is 6.92 Å². The Hall–Kier alpha value is -1.47. The Bertz CT molecular complexity index is 268. The van der Waals surface area contributed by atoms with Crippen LogP contribution in [0.15, 0.2) is 0 Å². The maximum absolute atomic E-state index is 11.1. The summed E-state index contributed by atoms with van der Waals surface area (Å²) in [5.74, 6) is -1.04. The van der Waals surface area contributed by atoms with E-state index in [0.717, 1.165) is 0 Å². The van der Waals surface area contributed by atoms with Crippen LogP contribution in [0.4, 0.5) is 0 Å². The molecule has 7 heteroatoms. The molecule has 0 saturated carbocycles. The molecule has 7 nitrogen and oxygen atoms in total. The van der Waals surface area contributed by atoms with Gasteiger partial charge >= 0.3 is 5.97 Å². The number of hydrazine groups is 1. The van der Waals surface area contributed by atoms with Crippen molar-refractivity contribution in [2.45, 2.75) is 26.2 Å². The van der Waals surface area contributed by atoms with Gasteiger partial charge < -0.3 is 10.4 Å². The number of carboxylic acid groups (broad SMARTS) is 1. The van der Waals surface area contributed by atoms with Gasteiger partial charge in [-0.25, -0.2) is 0 Å². The molecule has 0 radical (unpaired) electrons. The second-order valence-corrected chi connectivity index (χ2v) is 3.55. The van der Waals surface area contributed by atoms with Gasteiger partial charge in [0.15, 0.2) is 0 Å².